The number of thiazole rings is 1. The van der Waals surface area contributed by atoms with Crippen molar-refractivity contribution in [2.75, 3.05) is 5.32 Å². The van der Waals surface area contributed by atoms with Gasteiger partial charge in [0.2, 0.25) is 0 Å². The summed E-state index contributed by atoms with van der Waals surface area (Å²) in [5, 5.41) is 7.15. The standard InChI is InChI=1S/C11H11ClN2S/c1-8(11-13-5-6-15-11)14-10-4-2-3-9(12)7-10/h2-8,14H,1H3/t8-/m0/s1. The molecule has 0 aliphatic heterocycles. The first-order chi connectivity index (χ1) is 7.25. The summed E-state index contributed by atoms with van der Waals surface area (Å²) in [5.41, 5.74) is 1.02. The number of benzene rings is 1. The highest BCUT2D eigenvalue weighted by molar-refractivity contribution is 7.09. The molecule has 1 atom stereocenters. The number of nitrogens with zero attached hydrogens (tertiary/aromatic N) is 1. The lowest BCUT2D eigenvalue weighted by Crippen LogP contribution is -2.05. The van der Waals surface area contributed by atoms with E-state index in [-0.39, 0.29) is 6.04 Å². The number of nitrogens with one attached hydrogen (secondary N) is 1. The van der Waals surface area contributed by atoms with Crippen LogP contribution < -0.4 is 5.32 Å². The van der Waals surface area contributed by atoms with Crippen LogP contribution in [0.25, 0.3) is 0 Å². The zero-order valence-electron chi connectivity index (χ0n) is 8.27. The van der Waals surface area contributed by atoms with Crippen LogP contribution in [0, 0.1) is 0 Å². The molecule has 0 amide bonds. The van der Waals surface area contributed by atoms with Crippen molar-refractivity contribution in [1.29, 1.82) is 0 Å². The molecule has 15 heavy (non-hydrogen) atoms. The molecule has 78 valence electrons. The summed E-state index contributed by atoms with van der Waals surface area (Å²) in [6.07, 6.45) is 1.82. The van der Waals surface area contributed by atoms with Crippen molar-refractivity contribution in [3.05, 3.63) is 45.9 Å². The molecule has 1 heterocycles. The van der Waals surface area contributed by atoms with E-state index in [0.29, 0.717) is 0 Å². The van der Waals surface area contributed by atoms with E-state index >= 15 is 0 Å². The zero-order chi connectivity index (χ0) is 10.7. The van der Waals surface area contributed by atoms with Gasteiger partial charge in [-0.15, -0.1) is 11.3 Å². The predicted molar refractivity (Wildman–Crippen MR) is 65.6 cm³/mol. The average Bonchev–Trinajstić information content (AvgIpc) is 2.70. The average molecular weight is 239 g/mol. The molecule has 1 N–H and O–H groups in total. The van der Waals surface area contributed by atoms with Crippen molar-refractivity contribution >= 4 is 28.6 Å². The zero-order valence-corrected chi connectivity index (χ0v) is 9.85. The topological polar surface area (TPSA) is 24.9 Å². The first kappa shape index (κ1) is 10.5. The Labute approximate surface area is 97.9 Å². The van der Waals surface area contributed by atoms with E-state index in [1.807, 2.05) is 35.8 Å². The number of hydrogen-bond acceptors (Lipinski definition) is 3. The molecule has 0 radical (unpaired) electrons. The monoisotopic (exact) mass is 238 g/mol. The maximum absolute atomic E-state index is 5.90. The lowest BCUT2D eigenvalue weighted by Gasteiger charge is -2.12. The minimum Gasteiger partial charge on any atom is -0.376 e. The summed E-state index contributed by atoms with van der Waals surface area (Å²) in [6, 6.07) is 7.91. The first-order valence-corrected chi connectivity index (χ1v) is 5.93. The molecule has 1 aromatic carbocycles. The molecule has 2 nitrogen and oxygen atoms in total. The molecule has 0 saturated heterocycles. The maximum atomic E-state index is 5.90. The number of anilines is 1. The highest BCUT2D eigenvalue weighted by atomic mass is 35.5. The highest BCUT2D eigenvalue weighted by Gasteiger charge is 2.07. The summed E-state index contributed by atoms with van der Waals surface area (Å²) in [7, 11) is 0. The molecule has 1 aromatic heterocycles. The number of rotatable bonds is 3. The van der Waals surface area contributed by atoms with Gasteiger partial charge < -0.3 is 5.32 Å². The number of hydrogen-bond donors (Lipinski definition) is 1. The second-order valence-electron chi connectivity index (χ2n) is 3.25. The third kappa shape index (κ3) is 2.70. The van der Waals surface area contributed by atoms with Gasteiger partial charge in [0.05, 0.1) is 6.04 Å². The van der Waals surface area contributed by atoms with E-state index in [4.69, 9.17) is 11.6 Å². The van der Waals surface area contributed by atoms with Crippen molar-refractivity contribution in [2.24, 2.45) is 0 Å². The second-order valence-corrected chi connectivity index (χ2v) is 4.61. The van der Waals surface area contributed by atoms with Crippen LogP contribution in [-0.2, 0) is 0 Å². The molecule has 0 aliphatic carbocycles. The lowest BCUT2D eigenvalue weighted by molar-refractivity contribution is 0.870. The normalized spacial score (nSPS) is 12.4. The molecule has 2 rings (SSSR count). The van der Waals surface area contributed by atoms with E-state index in [1.165, 1.54) is 0 Å². The van der Waals surface area contributed by atoms with Gasteiger partial charge in [-0.05, 0) is 25.1 Å². The van der Waals surface area contributed by atoms with Gasteiger partial charge in [0.1, 0.15) is 5.01 Å². The van der Waals surface area contributed by atoms with Gasteiger partial charge in [-0.1, -0.05) is 17.7 Å². The maximum Gasteiger partial charge on any atom is 0.115 e. The van der Waals surface area contributed by atoms with Gasteiger partial charge in [0, 0.05) is 22.3 Å². The van der Waals surface area contributed by atoms with Crippen LogP contribution in [0.5, 0.6) is 0 Å². The van der Waals surface area contributed by atoms with Crippen LogP contribution >= 0.6 is 22.9 Å². The quantitative estimate of drug-likeness (QED) is 0.875. The van der Waals surface area contributed by atoms with E-state index in [2.05, 4.69) is 17.2 Å². The number of aromatic nitrogens is 1. The van der Waals surface area contributed by atoms with Crippen molar-refractivity contribution in [2.45, 2.75) is 13.0 Å². The van der Waals surface area contributed by atoms with E-state index < -0.39 is 0 Å². The third-order valence-corrected chi connectivity index (χ3v) is 3.22. The van der Waals surface area contributed by atoms with Crippen molar-refractivity contribution in [3.8, 4) is 0 Å². The summed E-state index contributed by atoms with van der Waals surface area (Å²) in [5.74, 6) is 0. The molecule has 0 aliphatic rings. The summed E-state index contributed by atoms with van der Waals surface area (Å²) >= 11 is 7.55. The van der Waals surface area contributed by atoms with E-state index in [0.717, 1.165) is 15.7 Å². The first-order valence-electron chi connectivity index (χ1n) is 4.67. The Hall–Kier alpha value is -1.06. The van der Waals surface area contributed by atoms with E-state index in [1.54, 1.807) is 11.3 Å². The Morgan fingerprint density at radius 1 is 1.47 bits per heavy atom. The van der Waals surface area contributed by atoms with Crippen LogP contribution in [-0.4, -0.2) is 4.98 Å². The predicted octanol–water partition coefficient (Wildman–Crippen LogP) is 3.97. The minimum absolute atomic E-state index is 0.212. The smallest absolute Gasteiger partial charge is 0.115 e. The molecule has 0 unspecified atom stereocenters. The Bertz CT molecular complexity index is 428. The molecule has 0 spiro atoms. The van der Waals surface area contributed by atoms with Crippen LogP contribution in [0.15, 0.2) is 35.8 Å². The van der Waals surface area contributed by atoms with Gasteiger partial charge in [-0.3, -0.25) is 0 Å². The van der Waals surface area contributed by atoms with Crippen LogP contribution in [0.2, 0.25) is 5.02 Å². The summed E-state index contributed by atoms with van der Waals surface area (Å²) in [6.45, 7) is 2.08. The van der Waals surface area contributed by atoms with Crippen molar-refractivity contribution < 1.29 is 0 Å². The third-order valence-electron chi connectivity index (χ3n) is 2.03. The molecular formula is C11H11ClN2S. The van der Waals surface area contributed by atoms with Crippen LogP contribution in [0.3, 0.4) is 0 Å². The SMILES string of the molecule is C[C@H](Nc1cccc(Cl)c1)c1nccs1. The summed E-state index contributed by atoms with van der Waals surface area (Å²) in [4.78, 5) is 4.26. The van der Waals surface area contributed by atoms with Gasteiger partial charge in [-0.25, -0.2) is 4.98 Å². The van der Waals surface area contributed by atoms with Gasteiger partial charge >= 0.3 is 0 Å². The van der Waals surface area contributed by atoms with Crippen LogP contribution in [0.4, 0.5) is 5.69 Å². The van der Waals surface area contributed by atoms with Gasteiger partial charge in [-0.2, -0.15) is 0 Å². The molecular weight excluding hydrogens is 228 g/mol. The lowest BCUT2D eigenvalue weighted by atomic mass is 10.3. The largest absolute Gasteiger partial charge is 0.376 e. The minimum atomic E-state index is 0.212. The Morgan fingerprint density at radius 2 is 2.33 bits per heavy atom. The second kappa shape index (κ2) is 4.64. The molecule has 0 fully saturated rings. The van der Waals surface area contributed by atoms with Crippen molar-refractivity contribution in [3.63, 3.8) is 0 Å². The fraction of sp³-hybridized carbons (Fsp3) is 0.182. The van der Waals surface area contributed by atoms with Crippen molar-refractivity contribution in [1.82, 2.24) is 4.98 Å². The molecule has 4 heteroatoms. The molecule has 2 aromatic rings. The number of halogens is 1. The Kier molecular flexibility index (Phi) is 3.23. The Morgan fingerprint density at radius 3 is 3.00 bits per heavy atom. The van der Waals surface area contributed by atoms with Gasteiger partial charge in [0.25, 0.3) is 0 Å². The molecule has 0 bridgehead atoms. The Balaban J connectivity index is 2.09. The fourth-order valence-corrected chi connectivity index (χ4v) is 2.17. The summed E-state index contributed by atoms with van der Waals surface area (Å²) < 4.78 is 0. The van der Waals surface area contributed by atoms with Gasteiger partial charge in [0.15, 0.2) is 0 Å². The fourth-order valence-electron chi connectivity index (χ4n) is 1.34. The van der Waals surface area contributed by atoms with E-state index in [9.17, 15) is 0 Å². The highest BCUT2D eigenvalue weighted by Crippen LogP contribution is 2.22. The molecule has 0 saturated carbocycles. The van der Waals surface area contributed by atoms with Crippen LogP contribution in [0.1, 0.15) is 18.0 Å².